The van der Waals surface area contributed by atoms with Crippen LogP contribution in [0.2, 0.25) is 5.15 Å². The van der Waals surface area contributed by atoms with E-state index in [1.165, 1.54) is 0 Å². The van der Waals surface area contributed by atoms with Crippen molar-refractivity contribution in [3.8, 4) is 0 Å². The van der Waals surface area contributed by atoms with Crippen LogP contribution in [0.5, 0.6) is 0 Å². The van der Waals surface area contributed by atoms with Crippen molar-refractivity contribution < 1.29 is 14.5 Å². The summed E-state index contributed by atoms with van der Waals surface area (Å²) in [6, 6.07) is 1.09. The van der Waals surface area contributed by atoms with E-state index < -0.39 is 10.9 Å². The van der Waals surface area contributed by atoms with Gasteiger partial charge in [-0.2, -0.15) is 0 Å². The molecule has 1 aromatic rings. The van der Waals surface area contributed by atoms with Crippen LogP contribution in [0, 0.1) is 10.1 Å². The van der Waals surface area contributed by atoms with Gasteiger partial charge < -0.3 is 9.64 Å². The van der Waals surface area contributed by atoms with Crippen LogP contribution in [0.25, 0.3) is 0 Å². The van der Waals surface area contributed by atoms with Crippen molar-refractivity contribution in [1.82, 2.24) is 9.88 Å². The van der Waals surface area contributed by atoms with Gasteiger partial charge in [0.2, 0.25) is 0 Å². The smallest absolute Gasteiger partial charge is 0.341 e. The lowest BCUT2D eigenvalue weighted by atomic mass is 10.1. The molecular formula is C12H14ClN3O4. The lowest BCUT2D eigenvalue weighted by Gasteiger charge is -2.28. The first-order valence-corrected chi connectivity index (χ1v) is 6.54. The Morgan fingerprint density at radius 1 is 1.55 bits per heavy atom. The maximum Gasteiger partial charge on any atom is 0.341 e. The molecule has 1 fully saturated rings. The van der Waals surface area contributed by atoms with Crippen molar-refractivity contribution in [2.45, 2.75) is 18.9 Å². The molecule has 1 saturated heterocycles. The van der Waals surface area contributed by atoms with E-state index in [-0.39, 0.29) is 22.5 Å². The molecule has 1 aliphatic rings. The van der Waals surface area contributed by atoms with E-state index in [1.54, 1.807) is 0 Å². The predicted octanol–water partition coefficient (Wildman–Crippen LogP) is 1.89. The van der Waals surface area contributed by atoms with Crippen LogP contribution < -0.4 is 0 Å². The van der Waals surface area contributed by atoms with Gasteiger partial charge in [-0.05, 0) is 19.9 Å². The summed E-state index contributed by atoms with van der Waals surface area (Å²) in [5, 5.41) is 10.6. The van der Waals surface area contributed by atoms with E-state index in [4.69, 9.17) is 16.3 Å². The molecule has 0 unspecified atom stereocenters. The van der Waals surface area contributed by atoms with Crippen LogP contribution in [0.1, 0.15) is 23.2 Å². The zero-order valence-corrected chi connectivity index (χ0v) is 11.7. The zero-order chi connectivity index (χ0) is 14.7. The highest BCUT2D eigenvalue weighted by Crippen LogP contribution is 2.22. The molecule has 0 saturated carbocycles. The first-order valence-electron chi connectivity index (χ1n) is 6.17. The number of nitrogens with zero attached hydrogens (tertiary/aromatic N) is 3. The second-order valence-electron chi connectivity index (χ2n) is 4.70. The Bertz CT molecular complexity index is 529. The monoisotopic (exact) mass is 299 g/mol. The average Bonchev–Trinajstić information content (AvgIpc) is 2.41. The molecular weight excluding hydrogens is 286 g/mol. The topological polar surface area (TPSA) is 85.6 Å². The molecule has 0 amide bonds. The van der Waals surface area contributed by atoms with Gasteiger partial charge in [-0.3, -0.25) is 10.1 Å². The SMILES string of the molecule is CN1CCC(OC(=O)c2cc([N+](=O)[O-])cnc2Cl)CC1. The highest BCUT2D eigenvalue weighted by atomic mass is 35.5. The Morgan fingerprint density at radius 2 is 2.20 bits per heavy atom. The molecule has 2 heterocycles. The summed E-state index contributed by atoms with van der Waals surface area (Å²) in [5.74, 6) is -0.666. The standard InChI is InChI=1S/C12H14ClN3O4/c1-15-4-2-9(3-5-15)20-12(17)10-6-8(16(18)19)7-14-11(10)13/h6-7,9H,2-5H2,1H3. The Labute approximate surface area is 120 Å². The lowest BCUT2D eigenvalue weighted by molar-refractivity contribution is -0.385. The molecule has 8 heteroatoms. The molecule has 20 heavy (non-hydrogen) atoms. The zero-order valence-electron chi connectivity index (χ0n) is 10.9. The van der Waals surface area contributed by atoms with Crippen LogP contribution in [-0.2, 0) is 4.74 Å². The lowest BCUT2D eigenvalue weighted by Crippen LogP contribution is -2.35. The summed E-state index contributed by atoms with van der Waals surface area (Å²) in [6.07, 6.45) is 2.30. The van der Waals surface area contributed by atoms with Gasteiger partial charge in [-0.1, -0.05) is 11.6 Å². The van der Waals surface area contributed by atoms with Gasteiger partial charge in [0, 0.05) is 19.2 Å². The number of carbonyl (C=O) groups is 1. The molecule has 0 aromatic carbocycles. The fraction of sp³-hybridized carbons (Fsp3) is 0.500. The second kappa shape index (κ2) is 6.15. The number of likely N-dealkylation sites (tertiary alicyclic amines) is 1. The molecule has 0 atom stereocenters. The van der Waals surface area contributed by atoms with Gasteiger partial charge in [0.05, 0.1) is 4.92 Å². The second-order valence-corrected chi connectivity index (χ2v) is 5.05. The molecule has 0 aliphatic carbocycles. The van der Waals surface area contributed by atoms with Gasteiger partial charge in [-0.15, -0.1) is 0 Å². The number of halogens is 1. The van der Waals surface area contributed by atoms with Crippen LogP contribution in [-0.4, -0.2) is 47.0 Å². The largest absolute Gasteiger partial charge is 0.459 e. The van der Waals surface area contributed by atoms with Crippen molar-refractivity contribution in [1.29, 1.82) is 0 Å². The number of carbonyl (C=O) groups excluding carboxylic acids is 1. The normalized spacial score (nSPS) is 16.9. The van der Waals surface area contributed by atoms with Crippen molar-refractivity contribution in [3.63, 3.8) is 0 Å². The number of rotatable bonds is 3. The van der Waals surface area contributed by atoms with Gasteiger partial charge in [0.1, 0.15) is 23.0 Å². The summed E-state index contributed by atoms with van der Waals surface area (Å²) in [5.41, 5.74) is -0.357. The highest BCUT2D eigenvalue weighted by molar-refractivity contribution is 6.32. The van der Waals surface area contributed by atoms with E-state index in [0.29, 0.717) is 0 Å². The summed E-state index contributed by atoms with van der Waals surface area (Å²) in [6.45, 7) is 1.69. The third-order valence-corrected chi connectivity index (χ3v) is 3.50. The molecule has 0 N–H and O–H groups in total. The van der Waals surface area contributed by atoms with E-state index in [9.17, 15) is 14.9 Å². The van der Waals surface area contributed by atoms with Gasteiger partial charge in [0.15, 0.2) is 0 Å². The van der Waals surface area contributed by atoms with Gasteiger partial charge in [0.25, 0.3) is 5.69 Å². The maximum atomic E-state index is 12.0. The first kappa shape index (κ1) is 14.7. The number of hydrogen-bond donors (Lipinski definition) is 0. The number of pyridine rings is 1. The van der Waals surface area contributed by atoms with Crippen molar-refractivity contribution in [3.05, 3.63) is 33.1 Å². The Morgan fingerprint density at radius 3 is 2.80 bits per heavy atom. The third kappa shape index (κ3) is 3.43. The Hall–Kier alpha value is -1.73. The molecule has 1 aliphatic heterocycles. The minimum atomic E-state index is -0.666. The number of piperidine rings is 1. The number of ether oxygens (including phenoxy) is 1. The quantitative estimate of drug-likeness (QED) is 0.367. The average molecular weight is 300 g/mol. The minimum absolute atomic E-state index is 0.0696. The molecule has 7 nitrogen and oxygen atoms in total. The van der Waals surface area contributed by atoms with Crippen LogP contribution in [0.3, 0.4) is 0 Å². The van der Waals surface area contributed by atoms with E-state index in [1.807, 2.05) is 7.05 Å². The summed E-state index contributed by atoms with van der Waals surface area (Å²) < 4.78 is 5.33. The van der Waals surface area contributed by atoms with E-state index >= 15 is 0 Å². The number of hydrogen-bond acceptors (Lipinski definition) is 6. The Kier molecular flexibility index (Phi) is 4.51. The maximum absolute atomic E-state index is 12.0. The van der Waals surface area contributed by atoms with Gasteiger partial charge in [-0.25, -0.2) is 9.78 Å². The first-order chi connectivity index (χ1) is 9.47. The number of aromatic nitrogens is 1. The van der Waals surface area contributed by atoms with Crippen LogP contribution in [0.4, 0.5) is 5.69 Å². The minimum Gasteiger partial charge on any atom is -0.459 e. The molecule has 0 bridgehead atoms. The van der Waals surface area contributed by atoms with E-state index in [2.05, 4.69) is 9.88 Å². The van der Waals surface area contributed by atoms with Crippen molar-refractivity contribution in [2.75, 3.05) is 20.1 Å². The van der Waals surface area contributed by atoms with Crippen LogP contribution >= 0.6 is 11.6 Å². The van der Waals surface area contributed by atoms with Crippen LogP contribution in [0.15, 0.2) is 12.3 Å². The van der Waals surface area contributed by atoms with Crippen molar-refractivity contribution in [2.24, 2.45) is 0 Å². The fourth-order valence-electron chi connectivity index (χ4n) is 2.00. The van der Waals surface area contributed by atoms with E-state index in [0.717, 1.165) is 38.2 Å². The summed E-state index contributed by atoms with van der Waals surface area (Å²) in [7, 11) is 2.00. The predicted molar refractivity (Wildman–Crippen MR) is 71.8 cm³/mol. The van der Waals surface area contributed by atoms with Crippen molar-refractivity contribution >= 4 is 23.3 Å². The Balaban J connectivity index is 2.08. The summed E-state index contributed by atoms with van der Waals surface area (Å²) >= 11 is 5.79. The molecule has 1 aromatic heterocycles. The molecule has 2 rings (SSSR count). The summed E-state index contributed by atoms with van der Waals surface area (Å²) in [4.78, 5) is 27.8. The number of nitro groups is 1. The van der Waals surface area contributed by atoms with Gasteiger partial charge >= 0.3 is 5.97 Å². The molecule has 0 spiro atoms. The third-order valence-electron chi connectivity index (χ3n) is 3.19. The molecule has 108 valence electrons. The number of esters is 1. The molecule has 0 radical (unpaired) electrons. The highest BCUT2D eigenvalue weighted by Gasteiger charge is 2.24. The fourth-order valence-corrected chi connectivity index (χ4v) is 2.18.